The molecule has 1 atom stereocenters. The third-order valence-electron chi connectivity index (χ3n) is 5.10. The summed E-state index contributed by atoms with van der Waals surface area (Å²) in [6.07, 6.45) is 24.2. The Hall–Kier alpha value is -2.20. The van der Waals surface area contributed by atoms with E-state index in [0.717, 1.165) is 19.4 Å². The molecule has 0 radical (unpaired) electrons. The average molecular weight is 386 g/mol. The van der Waals surface area contributed by atoms with E-state index in [1.165, 1.54) is 30.4 Å². The van der Waals surface area contributed by atoms with Crippen molar-refractivity contribution < 1.29 is 15.6 Å². The van der Waals surface area contributed by atoms with Gasteiger partial charge in [0.1, 0.15) is 0 Å². The fourth-order valence-electron chi connectivity index (χ4n) is 3.39. The lowest BCUT2D eigenvalue weighted by Crippen LogP contribution is -2.64. The zero-order chi connectivity index (χ0) is 20.8. The zero-order valence-corrected chi connectivity index (χ0v) is 17.7. The molecule has 1 aliphatic carbocycles. The summed E-state index contributed by atoms with van der Waals surface area (Å²) in [6.45, 7) is 7.64. The highest BCUT2D eigenvalue weighted by atomic mass is 16.4. The number of quaternary nitrogens is 1. The van der Waals surface area contributed by atoms with Gasteiger partial charge in [0, 0.05) is 19.2 Å². The van der Waals surface area contributed by atoms with Crippen LogP contribution < -0.4 is 5.73 Å². The highest BCUT2D eigenvalue weighted by Gasteiger charge is 2.26. The predicted octanol–water partition coefficient (Wildman–Crippen LogP) is 4.67. The van der Waals surface area contributed by atoms with Gasteiger partial charge in [0.25, 0.3) is 0 Å². The fourth-order valence-corrected chi connectivity index (χ4v) is 3.39. The molecule has 0 heterocycles. The molecule has 0 saturated heterocycles. The molecule has 0 aromatic rings. The number of carbonyl (C=O) groups is 1. The van der Waals surface area contributed by atoms with Crippen molar-refractivity contribution in [1.82, 2.24) is 0 Å². The predicted molar refractivity (Wildman–Crippen MR) is 118 cm³/mol. The Labute approximate surface area is 170 Å². The number of rotatable bonds is 11. The molecule has 0 fully saturated rings. The second-order valence-corrected chi connectivity index (χ2v) is 8.03. The van der Waals surface area contributed by atoms with Gasteiger partial charge in [-0.1, -0.05) is 62.0 Å². The van der Waals surface area contributed by atoms with Gasteiger partial charge >= 0.3 is 5.97 Å². The molecule has 0 aromatic carbocycles. The van der Waals surface area contributed by atoms with Gasteiger partial charge in [0.2, 0.25) is 0 Å². The Morgan fingerprint density at radius 1 is 1.14 bits per heavy atom. The normalized spacial score (nSPS) is 19.1. The molecular formula is C24H37N2O2+. The van der Waals surface area contributed by atoms with E-state index in [0.29, 0.717) is 6.42 Å². The maximum atomic E-state index is 10.6. The van der Waals surface area contributed by atoms with Gasteiger partial charge in [-0.15, -0.1) is 0 Å². The minimum Gasteiger partial charge on any atom is -0.477 e. The van der Waals surface area contributed by atoms with Crippen LogP contribution in [0.2, 0.25) is 0 Å². The van der Waals surface area contributed by atoms with E-state index in [4.69, 9.17) is 5.11 Å². The van der Waals surface area contributed by atoms with E-state index < -0.39 is 12.0 Å². The minimum absolute atomic E-state index is 0.288. The molecule has 0 unspecified atom stereocenters. The molecule has 0 bridgehead atoms. The van der Waals surface area contributed by atoms with Crippen molar-refractivity contribution in [2.75, 3.05) is 6.54 Å². The maximum Gasteiger partial charge on any atom is 0.362 e. The molecule has 0 amide bonds. The standard InChI is InChI=1S/C24H36N2O2/c1-20-14-13-17-24(2,3)21(20)15-9-7-5-4-6-8-11-18-26-19-12-10-16-22(25)23(27)28/h4-9,11,15,18,22H,10,12-14,16-17,19,25H2,1-3H3,(H,27,28)/p+1/b6-4+,7-5+,11-8-,15-9+,26-18?/t22-/m0/s1. The SMILES string of the molecule is CC1=C(/C=C/C=C/C=C/C=C\C=NCCCC[C@H]([NH3+])C(=O)O)C(C)(C)CCC1. The lowest BCUT2D eigenvalue weighted by molar-refractivity contribution is -0.409. The highest BCUT2D eigenvalue weighted by Crippen LogP contribution is 2.40. The second-order valence-electron chi connectivity index (χ2n) is 8.03. The van der Waals surface area contributed by atoms with Crippen molar-refractivity contribution in [3.63, 3.8) is 0 Å². The van der Waals surface area contributed by atoms with E-state index in [-0.39, 0.29) is 5.41 Å². The van der Waals surface area contributed by atoms with Gasteiger partial charge < -0.3 is 10.8 Å². The summed E-state index contributed by atoms with van der Waals surface area (Å²) in [6, 6.07) is -0.508. The monoisotopic (exact) mass is 385 g/mol. The number of carboxylic acid groups (broad SMARTS) is 1. The van der Waals surface area contributed by atoms with Gasteiger partial charge in [-0.3, -0.25) is 4.99 Å². The Kier molecular flexibility index (Phi) is 11.1. The first-order valence-electron chi connectivity index (χ1n) is 10.3. The van der Waals surface area contributed by atoms with Crippen LogP contribution in [-0.2, 0) is 4.79 Å². The number of hydrogen-bond donors (Lipinski definition) is 2. The summed E-state index contributed by atoms with van der Waals surface area (Å²) in [5.41, 5.74) is 6.89. The Balaban J connectivity index is 2.24. The fraction of sp³-hybridized carbons (Fsp3) is 0.500. The first-order chi connectivity index (χ1) is 13.3. The van der Waals surface area contributed by atoms with Crippen LogP contribution in [0.3, 0.4) is 0 Å². The molecular weight excluding hydrogens is 348 g/mol. The van der Waals surface area contributed by atoms with Gasteiger partial charge in [-0.25, -0.2) is 4.79 Å². The zero-order valence-electron chi connectivity index (χ0n) is 17.7. The third kappa shape index (κ3) is 9.65. The first kappa shape index (κ1) is 23.8. The van der Waals surface area contributed by atoms with Crippen LogP contribution in [0, 0.1) is 5.41 Å². The van der Waals surface area contributed by atoms with E-state index in [9.17, 15) is 4.79 Å². The molecule has 1 rings (SSSR count). The number of aliphatic carboxylic acids is 1. The molecule has 4 heteroatoms. The van der Waals surface area contributed by atoms with Crippen molar-refractivity contribution in [2.24, 2.45) is 10.4 Å². The van der Waals surface area contributed by atoms with Crippen LogP contribution in [0.5, 0.6) is 0 Å². The number of aliphatic imine (C=N–C) groups is 1. The number of carboxylic acids is 1. The molecule has 0 aliphatic heterocycles. The van der Waals surface area contributed by atoms with Crippen LogP contribution in [0.25, 0.3) is 0 Å². The van der Waals surface area contributed by atoms with Crippen LogP contribution in [-0.4, -0.2) is 29.9 Å². The van der Waals surface area contributed by atoms with Crippen molar-refractivity contribution >= 4 is 12.2 Å². The number of hydrogen-bond acceptors (Lipinski definition) is 2. The van der Waals surface area contributed by atoms with Crippen molar-refractivity contribution in [3.8, 4) is 0 Å². The number of unbranched alkanes of at least 4 members (excludes halogenated alkanes) is 1. The molecule has 4 N–H and O–H groups in total. The molecule has 0 saturated carbocycles. The molecule has 154 valence electrons. The summed E-state index contributed by atoms with van der Waals surface area (Å²) in [5.74, 6) is -0.826. The first-order valence-corrected chi connectivity index (χ1v) is 10.3. The minimum atomic E-state index is -0.826. The van der Waals surface area contributed by atoms with Gasteiger partial charge in [-0.05, 0) is 56.1 Å². The topological polar surface area (TPSA) is 77.3 Å². The van der Waals surface area contributed by atoms with Crippen molar-refractivity contribution in [1.29, 1.82) is 0 Å². The Morgan fingerprint density at radius 2 is 1.79 bits per heavy atom. The lowest BCUT2D eigenvalue weighted by atomic mass is 9.73. The molecule has 0 spiro atoms. The van der Waals surface area contributed by atoms with E-state index >= 15 is 0 Å². The van der Waals surface area contributed by atoms with Crippen LogP contribution >= 0.6 is 0 Å². The van der Waals surface area contributed by atoms with E-state index in [2.05, 4.69) is 49.7 Å². The summed E-state index contributed by atoms with van der Waals surface area (Å²) < 4.78 is 0. The summed E-state index contributed by atoms with van der Waals surface area (Å²) in [7, 11) is 0. The largest absolute Gasteiger partial charge is 0.477 e. The van der Waals surface area contributed by atoms with Crippen LogP contribution in [0.15, 0.2) is 64.7 Å². The summed E-state index contributed by atoms with van der Waals surface area (Å²) in [4.78, 5) is 14.9. The van der Waals surface area contributed by atoms with Gasteiger partial charge in [0.05, 0.1) is 0 Å². The summed E-state index contributed by atoms with van der Waals surface area (Å²) in [5, 5.41) is 8.75. The van der Waals surface area contributed by atoms with Crippen LogP contribution in [0.4, 0.5) is 0 Å². The lowest BCUT2D eigenvalue weighted by Gasteiger charge is -2.32. The van der Waals surface area contributed by atoms with Crippen LogP contribution in [0.1, 0.15) is 59.3 Å². The Morgan fingerprint density at radius 3 is 2.43 bits per heavy atom. The third-order valence-corrected chi connectivity index (χ3v) is 5.10. The number of nitrogens with zero attached hydrogens (tertiary/aromatic N) is 1. The van der Waals surface area contributed by atoms with Crippen molar-refractivity contribution in [3.05, 3.63) is 59.8 Å². The quantitative estimate of drug-likeness (QED) is 0.308. The van der Waals surface area contributed by atoms with E-state index in [1.54, 1.807) is 6.21 Å². The second kappa shape index (κ2) is 13.1. The van der Waals surface area contributed by atoms with Gasteiger partial charge in [-0.2, -0.15) is 0 Å². The highest BCUT2D eigenvalue weighted by molar-refractivity contribution is 5.71. The smallest absolute Gasteiger partial charge is 0.362 e. The molecule has 28 heavy (non-hydrogen) atoms. The Bertz CT molecular complexity index is 664. The maximum absolute atomic E-state index is 10.6. The molecule has 1 aliphatic rings. The summed E-state index contributed by atoms with van der Waals surface area (Å²) >= 11 is 0. The number of allylic oxidation sites excluding steroid dienone is 10. The van der Waals surface area contributed by atoms with Crippen molar-refractivity contribution in [2.45, 2.75) is 65.3 Å². The molecule has 0 aromatic heterocycles. The van der Waals surface area contributed by atoms with E-state index in [1.807, 2.05) is 30.4 Å². The van der Waals surface area contributed by atoms with Gasteiger partial charge in [0.15, 0.2) is 6.04 Å². The average Bonchev–Trinajstić information content (AvgIpc) is 2.63. The molecule has 4 nitrogen and oxygen atoms in total.